The topological polar surface area (TPSA) is 117 Å². The van der Waals surface area contributed by atoms with Gasteiger partial charge in [-0.3, -0.25) is 4.79 Å². The van der Waals surface area contributed by atoms with Gasteiger partial charge in [-0.25, -0.2) is 14.6 Å². The van der Waals surface area contributed by atoms with Crippen LogP contribution in [0, 0.1) is 0 Å². The second-order valence-corrected chi connectivity index (χ2v) is 10.4. The van der Waals surface area contributed by atoms with Crippen LogP contribution in [0.4, 0.5) is 4.79 Å². The minimum atomic E-state index is -1.84. The van der Waals surface area contributed by atoms with E-state index in [1.165, 1.54) is 0 Å². The van der Waals surface area contributed by atoms with Crippen LogP contribution in [-0.4, -0.2) is 26.8 Å². The predicted octanol–water partition coefficient (Wildman–Crippen LogP) is 5.27. The van der Waals surface area contributed by atoms with Crippen molar-refractivity contribution in [2.45, 2.75) is 65.4 Å². The number of benzene rings is 2. The van der Waals surface area contributed by atoms with E-state index in [1.807, 2.05) is 31.2 Å². The maximum Gasteiger partial charge on any atom is 0.510 e. The molecule has 1 N–H and O–H groups in total. The number of nitrogens with zero attached hydrogens (tertiary/aromatic N) is 2. The van der Waals surface area contributed by atoms with Crippen molar-refractivity contribution in [1.29, 1.82) is 0 Å². The Labute approximate surface area is 236 Å². The third-order valence-electron chi connectivity index (χ3n) is 8.16. The van der Waals surface area contributed by atoms with Gasteiger partial charge in [-0.2, -0.15) is 0 Å². The number of hydrogen-bond acceptors (Lipinski definition) is 8. The van der Waals surface area contributed by atoms with Crippen LogP contribution in [0.5, 0.6) is 5.75 Å². The molecular weight excluding hydrogens is 524 g/mol. The fourth-order valence-corrected chi connectivity index (χ4v) is 5.90. The molecule has 2 aromatic carbocycles. The van der Waals surface area contributed by atoms with Gasteiger partial charge in [-0.1, -0.05) is 45.0 Å². The molecule has 0 bridgehead atoms. The lowest BCUT2D eigenvalue weighted by Crippen LogP contribution is -2.47. The molecule has 2 aromatic heterocycles. The molecule has 9 nitrogen and oxygen atoms in total. The van der Waals surface area contributed by atoms with Gasteiger partial charge in [0.15, 0.2) is 0 Å². The van der Waals surface area contributed by atoms with Gasteiger partial charge in [0.25, 0.3) is 5.56 Å². The maximum absolute atomic E-state index is 13.8. The number of carbonyl (C=O) groups is 2. The molecule has 0 saturated heterocycles. The van der Waals surface area contributed by atoms with Crippen LogP contribution in [0.2, 0.25) is 0 Å². The first-order chi connectivity index (χ1) is 19.8. The molecular formula is C32H30N2O7. The molecule has 9 heteroatoms. The average Bonchev–Trinajstić information content (AvgIpc) is 3.35. The standard InChI is InChI=1S/C32H30N2O7/c1-4-18-7-9-19(10-8-18)16-40-31(38)41-32(6-3)25-14-27-28-23(15-34(27)29(36)24(25)17-39-30(32)37)21(5-2)22-13-20(35)11-12-26(22)33-28/h7-14,35H,4-6,15-17H2,1-3H3/t32-/m0/s1. The number of cyclic esters (lactones) is 1. The second-order valence-electron chi connectivity index (χ2n) is 10.4. The number of rotatable bonds is 6. The highest BCUT2D eigenvalue weighted by atomic mass is 16.7. The Balaban J connectivity index is 1.40. The largest absolute Gasteiger partial charge is 0.510 e. The molecule has 210 valence electrons. The van der Waals surface area contributed by atoms with Gasteiger partial charge in [0, 0.05) is 16.5 Å². The van der Waals surface area contributed by atoms with Crippen LogP contribution >= 0.6 is 0 Å². The third kappa shape index (κ3) is 4.23. The van der Waals surface area contributed by atoms with Gasteiger partial charge in [0.1, 0.15) is 19.0 Å². The van der Waals surface area contributed by atoms with Gasteiger partial charge < -0.3 is 23.9 Å². The Bertz CT molecular complexity index is 1770. The Morgan fingerprint density at radius 3 is 2.49 bits per heavy atom. The summed E-state index contributed by atoms with van der Waals surface area (Å²) in [6.45, 7) is 5.81. The number of fused-ring (bicyclic) bond motifs is 5. The summed E-state index contributed by atoms with van der Waals surface area (Å²) in [6, 6.07) is 14.4. The molecule has 4 aromatic rings. The molecule has 0 amide bonds. The van der Waals surface area contributed by atoms with E-state index < -0.39 is 17.7 Å². The maximum atomic E-state index is 13.8. The highest BCUT2D eigenvalue weighted by molar-refractivity contribution is 5.90. The highest BCUT2D eigenvalue weighted by Crippen LogP contribution is 2.42. The van der Waals surface area contributed by atoms with Crippen molar-refractivity contribution >= 4 is 23.0 Å². The van der Waals surface area contributed by atoms with Gasteiger partial charge in [-0.15, -0.1) is 0 Å². The van der Waals surface area contributed by atoms with E-state index in [2.05, 4.69) is 6.92 Å². The zero-order chi connectivity index (χ0) is 28.9. The van der Waals surface area contributed by atoms with Crippen molar-refractivity contribution in [3.63, 3.8) is 0 Å². The number of carbonyl (C=O) groups excluding carboxylic acids is 2. The van der Waals surface area contributed by atoms with Crippen molar-refractivity contribution in [2.75, 3.05) is 0 Å². The molecule has 1 atom stereocenters. The number of pyridine rings is 2. The lowest BCUT2D eigenvalue weighted by atomic mass is 9.85. The summed E-state index contributed by atoms with van der Waals surface area (Å²) in [5, 5.41) is 10.9. The number of ether oxygens (including phenoxy) is 3. The number of hydrogen-bond donors (Lipinski definition) is 1. The second kappa shape index (κ2) is 10.1. The quantitative estimate of drug-likeness (QED) is 0.282. The molecule has 0 saturated carbocycles. The van der Waals surface area contributed by atoms with E-state index >= 15 is 0 Å². The molecule has 0 aliphatic carbocycles. The molecule has 0 spiro atoms. The van der Waals surface area contributed by atoms with Crippen LogP contribution in [-0.2, 0) is 57.2 Å². The molecule has 6 rings (SSSR count). The SMILES string of the molecule is CCc1ccc(COC(=O)O[C@]2(CC)C(=O)OCc3c2cc2n(c3=O)Cc3c-2nc2ccc(O)cc2c3CC)cc1. The first-order valence-corrected chi connectivity index (χ1v) is 13.8. The van der Waals surface area contributed by atoms with E-state index in [1.54, 1.807) is 35.8 Å². The van der Waals surface area contributed by atoms with Crippen LogP contribution < -0.4 is 5.56 Å². The van der Waals surface area contributed by atoms with Gasteiger partial charge in [-0.05, 0) is 60.2 Å². The summed E-state index contributed by atoms with van der Waals surface area (Å²) in [4.78, 5) is 44.8. The number of phenols is 1. The molecule has 2 aliphatic rings. The smallest absolute Gasteiger partial charge is 0.508 e. The first kappa shape index (κ1) is 26.6. The Morgan fingerprint density at radius 1 is 1.02 bits per heavy atom. The van der Waals surface area contributed by atoms with Crippen LogP contribution in [0.15, 0.2) is 53.3 Å². The molecule has 0 fully saturated rings. The Hall–Kier alpha value is -4.66. The normalized spacial score (nSPS) is 17.0. The highest BCUT2D eigenvalue weighted by Gasteiger charge is 2.51. The van der Waals surface area contributed by atoms with Crippen LogP contribution in [0.1, 0.15) is 60.6 Å². The summed E-state index contributed by atoms with van der Waals surface area (Å²) >= 11 is 0. The van der Waals surface area contributed by atoms with Gasteiger partial charge >= 0.3 is 12.1 Å². The van der Waals surface area contributed by atoms with Crippen molar-refractivity contribution < 1.29 is 28.9 Å². The lowest BCUT2D eigenvalue weighted by molar-refractivity contribution is -0.175. The number of aromatic hydroxyl groups is 1. The van der Waals surface area contributed by atoms with Gasteiger partial charge in [0.2, 0.25) is 5.60 Å². The zero-order valence-electron chi connectivity index (χ0n) is 23.2. The van der Waals surface area contributed by atoms with Gasteiger partial charge in [0.05, 0.1) is 29.0 Å². The Kier molecular flexibility index (Phi) is 6.52. The number of aromatic nitrogens is 2. The summed E-state index contributed by atoms with van der Waals surface area (Å²) in [6.07, 6.45) is 0.575. The minimum absolute atomic E-state index is 0.0307. The summed E-state index contributed by atoms with van der Waals surface area (Å²) in [5.41, 5.74) is 4.03. The van der Waals surface area contributed by atoms with E-state index in [9.17, 15) is 19.5 Å². The monoisotopic (exact) mass is 554 g/mol. The van der Waals surface area contributed by atoms with E-state index in [4.69, 9.17) is 19.2 Å². The number of esters is 1. The summed E-state index contributed by atoms with van der Waals surface area (Å²) in [7, 11) is 0. The molecule has 4 heterocycles. The van der Waals surface area contributed by atoms with Crippen molar-refractivity contribution in [1.82, 2.24) is 9.55 Å². The lowest BCUT2D eigenvalue weighted by Gasteiger charge is -2.35. The molecule has 0 unspecified atom stereocenters. The van der Waals surface area contributed by atoms with E-state index in [-0.39, 0.29) is 42.1 Å². The first-order valence-electron chi connectivity index (χ1n) is 13.8. The van der Waals surface area contributed by atoms with Crippen LogP contribution in [0.25, 0.3) is 22.3 Å². The summed E-state index contributed by atoms with van der Waals surface area (Å²) < 4.78 is 18.1. The molecule has 41 heavy (non-hydrogen) atoms. The minimum Gasteiger partial charge on any atom is -0.508 e. The third-order valence-corrected chi connectivity index (χ3v) is 8.16. The number of phenolic OH excluding ortho intramolecular Hbond substituents is 1. The summed E-state index contributed by atoms with van der Waals surface area (Å²) in [5.74, 6) is -0.613. The fourth-order valence-electron chi connectivity index (χ4n) is 5.90. The van der Waals surface area contributed by atoms with E-state index in [0.717, 1.165) is 34.1 Å². The van der Waals surface area contributed by atoms with Crippen molar-refractivity contribution in [3.05, 3.63) is 92.3 Å². The average molecular weight is 555 g/mol. The fraction of sp³-hybridized carbons (Fsp3) is 0.312. The molecule has 2 aliphatic heterocycles. The molecule has 0 radical (unpaired) electrons. The zero-order valence-corrected chi connectivity index (χ0v) is 23.2. The predicted molar refractivity (Wildman–Crippen MR) is 150 cm³/mol. The van der Waals surface area contributed by atoms with Crippen molar-refractivity contribution in [2.24, 2.45) is 0 Å². The number of aryl methyl sites for hydroxylation is 2. The van der Waals surface area contributed by atoms with Crippen LogP contribution in [0.3, 0.4) is 0 Å². The van der Waals surface area contributed by atoms with E-state index in [0.29, 0.717) is 29.9 Å². The Morgan fingerprint density at radius 2 is 1.78 bits per heavy atom. The van der Waals surface area contributed by atoms with Crippen molar-refractivity contribution in [3.8, 4) is 17.1 Å².